The van der Waals surface area contributed by atoms with Crippen molar-refractivity contribution in [3.05, 3.63) is 24.3 Å². The smallest absolute Gasteiger partial charge is 0.303 e. The largest absolute Gasteiger partial charge is 0.474 e. The van der Waals surface area contributed by atoms with Crippen LogP contribution in [0.2, 0.25) is 0 Å². The molecule has 0 saturated carbocycles. The lowest BCUT2D eigenvalue weighted by molar-refractivity contribution is -0.186. The molecule has 26 heavy (non-hydrogen) atoms. The van der Waals surface area contributed by atoms with Gasteiger partial charge in [0.25, 0.3) is 0 Å². The molecule has 0 aliphatic carbocycles. The number of rotatable bonds is 5. The van der Waals surface area contributed by atoms with Gasteiger partial charge in [-0.15, -0.1) is 11.8 Å². The molecule has 0 spiro atoms. The van der Waals surface area contributed by atoms with E-state index in [1.807, 2.05) is 0 Å². The highest BCUT2D eigenvalue weighted by molar-refractivity contribution is 7.99. The van der Waals surface area contributed by atoms with Gasteiger partial charge < -0.3 is 18.9 Å². The van der Waals surface area contributed by atoms with Gasteiger partial charge in [0.05, 0.1) is 12.4 Å². The predicted molar refractivity (Wildman–Crippen MR) is 87.7 cm³/mol. The fourth-order valence-electron chi connectivity index (χ4n) is 2.40. The number of hydrogen-bond acceptors (Lipinski definition) is 9. The highest BCUT2D eigenvalue weighted by Crippen LogP contribution is 2.34. The lowest BCUT2D eigenvalue weighted by Gasteiger charge is -2.39. The summed E-state index contributed by atoms with van der Waals surface area (Å²) in [5.41, 5.74) is -0.821. The lowest BCUT2D eigenvalue weighted by Crippen LogP contribution is -2.55. The van der Waals surface area contributed by atoms with Crippen molar-refractivity contribution in [3.8, 4) is 5.75 Å². The van der Waals surface area contributed by atoms with E-state index in [4.69, 9.17) is 18.9 Å². The Hall–Kier alpha value is -2.36. The maximum absolute atomic E-state index is 13.3. The van der Waals surface area contributed by atoms with Crippen LogP contribution in [0.15, 0.2) is 18.5 Å². The van der Waals surface area contributed by atoms with Crippen LogP contribution in [0.3, 0.4) is 0 Å². The van der Waals surface area contributed by atoms with E-state index in [9.17, 15) is 18.8 Å². The molecule has 0 radical (unpaired) electrons. The van der Waals surface area contributed by atoms with Gasteiger partial charge in [-0.3, -0.25) is 19.4 Å². The number of nitrogens with zero attached hydrogens (tertiary/aromatic N) is 1. The highest BCUT2D eigenvalue weighted by atomic mass is 32.2. The molecule has 2 heterocycles. The number of pyridine rings is 1. The molecule has 10 heteroatoms. The lowest BCUT2D eigenvalue weighted by atomic mass is 10.1. The van der Waals surface area contributed by atoms with Crippen LogP contribution in [-0.4, -0.2) is 52.4 Å². The van der Waals surface area contributed by atoms with Crippen molar-refractivity contribution >= 4 is 29.7 Å². The molecule has 0 N–H and O–H groups in total. The normalized spacial score (nSPS) is 25.1. The van der Waals surface area contributed by atoms with Crippen LogP contribution in [0.4, 0.5) is 4.39 Å². The quantitative estimate of drug-likeness (QED) is 0.549. The molecule has 1 aliphatic rings. The second kappa shape index (κ2) is 8.84. The number of thioether (sulfide) groups is 1. The van der Waals surface area contributed by atoms with Crippen molar-refractivity contribution < 1.29 is 37.7 Å². The van der Waals surface area contributed by atoms with E-state index in [2.05, 4.69) is 4.98 Å². The molecular formula is C16H18FNO7S. The number of esters is 3. The van der Waals surface area contributed by atoms with Crippen molar-refractivity contribution in [1.82, 2.24) is 4.98 Å². The molecule has 0 bridgehead atoms. The number of aromatic nitrogens is 1. The Kier molecular flexibility index (Phi) is 6.78. The summed E-state index contributed by atoms with van der Waals surface area (Å²) >= 11 is 1.18. The maximum Gasteiger partial charge on any atom is 0.303 e. The minimum Gasteiger partial charge on any atom is -0.474 e. The van der Waals surface area contributed by atoms with Gasteiger partial charge in [-0.05, 0) is 0 Å². The van der Waals surface area contributed by atoms with Crippen LogP contribution in [0.25, 0.3) is 0 Å². The maximum atomic E-state index is 13.3. The van der Waals surface area contributed by atoms with Crippen LogP contribution in [0.1, 0.15) is 20.8 Å². The minimum absolute atomic E-state index is 0.118. The molecule has 8 nitrogen and oxygen atoms in total. The molecule has 0 unspecified atom stereocenters. The first kappa shape index (κ1) is 20.0. The van der Waals surface area contributed by atoms with Gasteiger partial charge in [0.1, 0.15) is 11.6 Å². The van der Waals surface area contributed by atoms with Gasteiger partial charge in [0.15, 0.2) is 23.7 Å². The Balaban J connectivity index is 2.27. The summed E-state index contributed by atoms with van der Waals surface area (Å²) in [5.74, 6) is -2.09. The molecule has 4 atom stereocenters. The van der Waals surface area contributed by atoms with E-state index >= 15 is 0 Å². The molecule has 142 valence electrons. The standard InChI is InChI=1S/C16H18FNO7S/c1-8(19)22-13-7-26-16(25-12-4-11(17)5-18-6-12)15(24-10(3)21)14(13)23-9(2)20/h4-6,13-16H,7H2,1-3H3/t13-,14+,15-,16+/m1/s1. The predicted octanol–water partition coefficient (Wildman–Crippen LogP) is 1.47. The molecule has 2 rings (SSSR count). The summed E-state index contributed by atoms with van der Waals surface area (Å²) in [7, 11) is 0. The van der Waals surface area contributed by atoms with E-state index in [0.717, 1.165) is 12.3 Å². The topological polar surface area (TPSA) is 101 Å². The number of hydrogen-bond donors (Lipinski definition) is 0. The summed E-state index contributed by atoms with van der Waals surface area (Å²) < 4.78 is 34.7. The van der Waals surface area contributed by atoms with Crippen LogP contribution >= 0.6 is 11.8 Å². The van der Waals surface area contributed by atoms with Crippen molar-refractivity contribution in [3.63, 3.8) is 0 Å². The molecule has 1 aromatic rings. The molecule has 0 amide bonds. The Bertz CT molecular complexity index is 686. The van der Waals surface area contributed by atoms with Crippen molar-refractivity contribution in [1.29, 1.82) is 0 Å². The Morgan fingerprint density at radius 1 is 1.04 bits per heavy atom. The first-order valence-electron chi connectivity index (χ1n) is 7.66. The van der Waals surface area contributed by atoms with Crippen LogP contribution in [0.5, 0.6) is 5.75 Å². The SMILES string of the molecule is CC(=O)O[C@@H]1[C@@H](OC(C)=O)[C@@H](Oc2cncc(F)c2)SC[C@H]1OC(C)=O. The minimum atomic E-state index is -1.07. The van der Waals surface area contributed by atoms with Gasteiger partial charge in [-0.1, -0.05) is 0 Å². The zero-order valence-corrected chi connectivity index (χ0v) is 15.2. The van der Waals surface area contributed by atoms with Crippen molar-refractivity contribution in [2.75, 3.05) is 5.75 Å². The second-order valence-electron chi connectivity index (χ2n) is 5.45. The average molecular weight is 387 g/mol. The van der Waals surface area contributed by atoms with E-state index in [1.54, 1.807) is 0 Å². The number of carbonyl (C=O) groups is 3. The molecule has 1 saturated heterocycles. The van der Waals surface area contributed by atoms with E-state index in [-0.39, 0.29) is 11.5 Å². The second-order valence-corrected chi connectivity index (χ2v) is 6.59. The van der Waals surface area contributed by atoms with Crippen LogP contribution in [0, 0.1) is 5.82 Å². The summed E-state index contributed by atoms with van der Waals surface area (Å²) in [5, 5.41) is 0. The van der Waals surface area contributed by atoms with Crippen molar-refractivity contribution in [2.45, 2.75) is 44.5 Å². The van der Waals surface area contributed by atoms with Gasteiger partial charge in [0.2, 0.25) is 0 Å². The van der Waals surface area contributed by atoms with Gasteiger partial charge in [-0.2, -0.15) is 0 Å². The third kappa shape index (κ3) is 5.58. The molecule has 0 aromatic carbocycles. The first-order valence-corrected chi connectivity index (χ1v) is 8.71. The van der Waals surface area contributed by atoms with E-state index in [0.29, 0.717) is 0 Å². The number of halogens is 1. The number of ether oxygens (including phenoxy) is 4. The fraction of sp³-hybridized carbons (Fsp3) is 0.500. The Labute approximate surface area is 153 Å². The van der Waals surface area contributed by atoms with E-state index < -0.39 is 47.5 Å². The molecule has 1 fully saturated rings. The third-order valence-electron chi connectivity index (χ3n) is 3.24. The highest BCUT2D eigenvalue weighted by Gasteiger charge is 2.47. The zero-order chi connectivity index (χ0) is 19.3. The average Bonchev–Trinajstić information content (AvgIpc) is 2.51. The number of carbonyl (C=O) groups excluding carboxylic acids is 3. The van der Waals surface area contributed by atoms with Crippen LogP contribution in [-0.2, 0) is 28.6 Å². The summed E-state index contributed by atoms with van der Waals surface area (Å²) in [6.07, 6.45) is -0.636. The van der Waals surface area contributed by atoms with Crippen LogP contribution < -0.4 is 4.74 Å². The fourth-order valence-corrected chi connectivity index (χ4v) is 3.62. The molecule has 1 aliphatic heterocycles. The first-order chi connectivity index (χ1) is 12.3. The third-order valence-corrected chi connectivity index (χ3v) is 4.45. The summed E-state index contributed by atoms with van der Waals surface area (Å²) in [6, 6.07) is 1.12. The molecular weight excluding hydrogens is 369 g/mol. The summed E-state index contributed by atoms with van der Waals surface area (Å²) in [4.78, 5) is 38.0. The van der Waals surface area contributed by atoms with Gasteiger partial charge >= 0.3 is 17.9 Å². The van der Waals surface area contributed by atoms with Gasteiger partial charge in [0, 0.05) is 32.6 Å². The Morgan fingerprint density at radius 3 is 2.23 bits per heavy atom. The summed E-state index contributed by atoms with van der Waals surface area (Å²) in [6.45, 7) is 3.59. The monoisotopic (exact) mass is 387 g/mol. The zero-order valence-electron chi connectivity index (χ0n) is 14.3. The van der Waals surface area contributed by atoms with Gasteiger partial charge in [-0.25, -0.2) is 4.39 Å². The Morgan fingerprint density at radius 2 is 1.65 bits per heavy atom. The van der Waals surface area contributed by atoms with E-state index in [1.165, 1.54) is 38.7 Å². The van der Waals surface area contributed by atoms with Crippen molar-refractivity contribution in [2.24, 2.45) is 0 Å². The molecule has 1 aromatic heterocycles.